The monoisotopic (exact) mass is 206 g/mol. The van der Waals surface area contributed by atoms with E-state index in [4.69, 9.17) is 0 Å². The van der Waals surface area contributed by atoms with Gasteiger partial charge in [-0.2, -0.15) is 0 Å². The first-order chi connectivity index (χ1) is 7.09. The molecule has 0 radical (unpaired) electrons. The van der Waals surface area contributed by atoms with E-state index in [1.54, 1.807) is 6.42 Å². The molecular formula is C14H27B. The lowest BCUT2D eigenvalue weighted by Crippen LogP contribution is -2.52. The third kappa shape index (κ3) is 1.87. The first kappa shape index (κ1) is 11.5. The highest BCUT2D eigenvalue weighted by Crippen LogP contribution is 2.62. The van der Waals surface area contributed by atoms with Gasteiger partial charge in [-0.15, -0.1) is 0 Å². The molecule has 2 bridgehead atoms. The van der Waals surface area contributed by atoms with Crippen molar-refractivity contribution in [3.8, 4) is 0 Å². The molecule has 0 spiro atoms. The SMILES string of the molecule is CCB(CC)C[C@@H]1CC[C@H]2C[C@@H]1C2(C)C. The molecule has 3 rings (SSSR count). The lowest BCUT2D eigenvalue weighted by atomic mass is 9.36. The molecule has 0 aliphatic heterocycles. The minimum atomic E-state index is 0.689. The van der Waals surface area contributed by atoms with Gasteiger partial charge in [0.1, 0.15) is 6.71 Å². The molecule has 0 saturated heterocycles. The summed E-state index contributed by atoms with van der Waals surface area (Å²) in [5.74, 6) is 3.20. The Morgan fingerprint density at radius 3 is 2.27 bits per heavy atom. The number of fused-ring (bicyclic) bond motifs is 2. The molecule has 0 aromatic carbocycles. The molecule has 0 amide bonds. The molecular weight excluding hydrogens is 179 g/mol. The maximum atomic E-state index is 2.52. The van der Waals surface area contributed by atoms with Crippen molar-refractivity contribution in [2.45, 2.75) is 65.9 Å². The molecule has 0 aromatic rings. The Hall–Kier alpha value is 0.0649. The van der Waals surface area contributed by atoms with Crippen LogP contribution in [0.15, 0.2) is 0 Å². The summed E-state index contributed by atoms with van der Waals surface area (Å²) in [7, 11) is 0. The Kier molecular flexibility index (Phi) is 3.19. The summed E-state index contributed by atoms with van der Waals surface area (Å²) in [5.41, 5.74) is 0.689. The first-order valence-corrected chi connectivity index (χ1v) is 7.09. The van der Waals surface area contributed by atoms with E-state index >= 15 is 0 Å². The summed E-state index contributed by atoms with van der Waals surface area (Å²) in [6.07, 6.45) is 8.92. The standard InChI is InChI=1S/C14H27B/c1-5-15(6-2)10-11-7-8-12-9-13(11)14(12,3)4/h11-13H,5-10H2,1-4H3/t11-,12-,13-/m0/s1. The molecule has 3 fully saturated rings. The van der Waals surface area contributed by atoms with Gasteiger partial charge in [0, 0.05) is 0 Å². The molecule has 0 heterocycles. The first-order valence-electron chi connectivity index (χ1n) is 7.09. The average Bonchev–Trinajstić information content (AvgIpc) is 2.25. The highest BCUT2D eigenvalue weighted by molar-refractivity contribution is 6.58. The second-order valence-electron chi connectivity index (χ2n) is 6.62. The van der Waals surface area contributed by atoms with E-state index in [0.717, 1.165) is 24.5 Å². The zero-order chi connectivity index (χ0) is 11.1. The molecule has 3 saturated carbocycles. The Labute approximate surface area is 96.3 Å². The van der Waals surface area contributed by atoms with Crippen LogP contribution in [-0.4, -0.2) is 6.71 Å². The van der Waals surface area contributed by atoms with Crippen molar-refractivity contribution in [3.63, 3.8) is 0 Å². The Morgan fingerprint density at radius 1 is 1.13 bits per heavy atom. The molecule has 0 unspecified atom stereocenters. The van der Waals surface area contributed by atoms with Crippen LogP contribution >= 0.6 is 0 Å². The normalized spacial score (nSPS) is 37.2. The van der Waals surface area contributed by atoms with Gasteiger partial charge in [-0.05, 0) is 36.0 Å². The average molecular weight is 206 g/mol. The Bertz CT molecular complexity index is 215. The maximum absolute atomic E-state index is 2.52. The fourth-order valence-corrected chi connectivity index (χ4v) is 4.29. The van der Waals surface area contributed by atoms with E-state index in [-0.39, 0.29) is 0 Å². The fourth-order valence-electron chi connectivity index (χ4n) is 4.29. The molecule has 1 heteroatoms. The van der Waals surface area contributed by atoms with Gasteiger partial charge < -0.3 is 0 Å². The smallest absolute Gasteiger partial charge is 0.0770 e. The summed E-state index contributed by atoms with van der Waals surface area (Å²) in [6, 6.07) is 0. The highest BCUT2D eigenvalue weighted by Gasteiger charge is 2.53. The van der Waals surface area contributed by atoms with Gasteiger partial charge in [0.25, 0.3) is 0 Å². The fraction of sp³-hybridized carbons (Fsp3) is 1.00. The van der Waals surface area contributed by atoms with E-state index in [2.05, 4.69) is 27.7 Å². The topological polar surface area (TPSA) is 0 Å². The van der Waals surface area contributed by atoms with E-state index in [0.29, 0.717) is 5.41 Å². The quantitative estimate of drug-likeness (QED) is 0.590. The second-order valence-corrected chi connectivity index (χ2v) is 6.62. The summed E-state index contributed by atoms with van der Waals surface area (Å²) in [5, 5.41) is 0. The van der Waals surface area contributed by atoms with Crippen LogP contribution in [-0.2, 0) is 0 Å². The van der Waals surface area contributed by atoms with Gasteiger partial charge in [0.05, 0.1) is 0 Å². The van der Waals surface area contributed by atoms with Crippen molar-refractivity contribution in [2.75, 3.05) is 0 Å². The van der Waals surface area contributed by atoms with Crippen LogP contribution in [0.25, 0.3) is 0 Å². The summed E-state index contributed by atoms with van der Waals surface area (Å²) >= 11 is 0. The Morgan fingerprint density at radius 2 is 1.80 bits per heavy atom. The maximum Gasteiger partial charge on any atom is 0.139 e. The van der Waals surface area contributed by atoms with Crippen molar-refractivity contribution in [2.24, 2.45) is 23.2 Å². The van der Waals surface area contributed by atoms with Crippen molar-refractivity contribution < 1.29 is 0 Å². The number of hydrogen-bond donors (Lipinski definition) is 0. The zero-order valence-electron chi connectivity index (χ0n) is 11.1. The molecule has 0 aromatic heterocycles. The van der Waals surface area contributed by atoms with Gasteiger partial charge in [-0.1, -0.05) is 53.1 Å². The van der Waals surface area contributed by atoms with Gasteiger partial charge in [0.2, 0.25) is 0 Å². The van der Waals surface area contributed by atoms with Crippen LogP contribution < -0.4 is 0 Å². The lowest BCUT2D eigenvalue weighted by Gasteiger charge is -2.60. The van der Waals surface area contributed by atoms with Crippen LogP contribution in [0.5, 0.6) is 0 Å². The van der Waals surface area contributed by atoms with Gasteiger partial charge >= 0.3 is 0 Å². The predicted octanol–water partition coefficient (Wildman–Crippen LogP) is 4.59. The van der Waals surface area contributed by atoms with Gasteiger partial charge in [0.15, 0.2) is 0 Å². The van der Waals surface area contributed by atoms with Crippen molar-refractivity contribution in [1.82, 2.24) is 0 Å². The van der Waals surface area contributed by atoms with E-state index in [9.17, 15) is 0 Å². The molecule has 3 aliphatic carbocycles. The predicted molar refractivity (Wildman–Crippen MR) is 69.6 cm³/mol. The van der Waals surface area contributed by atoms with Crippen molar-refractivity contribution in [1.29, 1.82) is 0 Å². The molecule has 15 heavy (non-hydrogen) atoms. The van der Waals surface area contributed by atoms with Crippen LogP contribution in [0.2, 0.25) is 19.0 Å². The van der Waals surface area contributed by atoms with Crippen LogP contribution in [0.1, 0.15) is 47.0 Å². The summed E-state index contributed by atoms with van der Waals surface area (Å²) < 4.78 is 0. The van der Waals surface area contributed by atoms with Crippen LogP contribution in [0.3, 0.4) is 0 Å². The molecule has 0 nitrogen and oxygen atoms in total. The summed E-state index contributed by atoms with van der Waals surface area (Å²) in [4.78, 5) is 0. The van der Waals surface area contributed by atoms with E-state index in [1.807, 2.05) is 0 Å². The van der Waals surface area contributed by atoms with Crippen molar-refractivity contribution >= 4 is 6.71 Å². The Balaban J connectivity index is 1.93. The number of hydrogen-bond acceptors (Lipinski definition) is 0. The van der Waals surface area contributed by atoms with Crippen LogP contribution in [0.4, 0.5) is 0 Å². The minimum Gasteiger partial charge on any atom is -0.0770 e. The second kappa shape index (κ2) is 4.15. The van der Waals surface area contributed by atoms with E-state index in [1.165, 1.54) is 31.8 Å². The lowest BCUT2D eigenvalue weighted by molar-refractivity contribution is -0.0989. The third-order valence-electron chi connectivity index (χ3n) is 5.79. The number of rotatable bonds is 4. The third-order valence-corrected chi connectivity index (χ3v) is 5.79. The highest BCUT2D eigenvalue weighted by atomic mass is 14.6. The largest absolute Gasteiger partial charge is 0.139 e. The molecule has 3 aliphatic rings. The summed E-state index contributed by atoms with van der Waals surface area (Å²) in [6.45, 7) is 10.8. The van der Waals surface area contributed by atoms with Crippen molar-refractivity contribution in [3.05, 3.63) is 0 Å². The molecule has 0 N–H and O–H groups in total. The zero-order valence-corrected chi connectivity index (χ0v) is 11.1. The van der Waals surface area contributed by atoms with E-state index < -0.39 is 0 Å². The molecule has 86 valence electrons. The van der Waals surface area contributed by atoms with Gasteiger partial charge in [-0.25, -0.2) is 0 Å². The van der Waals surface area contributed by atoms with Crippen LogP contribution in [0, 0.1) is 23.2 Å². The molecule has 3 atom stereocenters. The minimum absolute atomic E-state index is 0.689. The van der Waals surface area contributed by atoms with Gasteiger partial charge in [-0.3, -0.25) is 0 Å².